The number of nitrogens with zero attached hydrogens (tertiary/aromatic N) is 5. The van der Waals surface area contributed by atoms with E-state index >= 15 is 0 Å². The molecule has 0 radical (unpaired) electrons. The van der Waals surface area contributed by atoms with Crippen LogP contribution in [0.5, 0.6) is 5.75 Å². The third kappa shape index (κ3) is 6.01. The van der Waals surface area contributed by atoms with Crippen molar-refractivity contribution in [1.29, 1.82) is 0 Å². The zero-order valence-corrected chi connectivity index (χ0v) is 27.2. The molecule has 2 aliphatic heterocycles. The van der Waals surface area contributed by atoms with Crippen LogP contribution in [0.2, 0.25) is 0 Å². The molecule has 1 aliphatic carbocycles. The topological polar surface area (TPSA) is 83.7 Å². The van der Waals surface area contributed by atoms with Gasteiger partial charge in [0, 0.05) is 55.1 Å². The quantitative estimate of drug-likeness (QED) is 0.314. The molecule has 2 unspecified atom stereocenters. The molecule has 1 saturated heterocycles. The van der Waals surface area contributed by atoms with Crippen molar-refractivity contribution in [2.24, 2.45) is 5.92 Å². The summed E-state index contributed by atoms with van der Waals surface area (Å²) in [6.07, 6.45) is 8.86. The monoisotopic (exact) mass is 597 g/mol. The van der Waals surface area contributed by atoms with Gasteiger partial charge in [-0.3, -0.25) is 4.79 Å². The molecule has 234 valence electrons. The predicted molar refractivity (Wildman–Crippen MR) is 174 cm³/mol. The zero-order valence-electron chi connectivity index (χ0n) is 27.2. The minimum atomic E-state index is -0.804. The number of aromatic nitrogens is 3. The highest BCUT2D eigenvalue weighted by atomic mass is 16.5. The second kappa shape index (κ2) is 12.0. The standard InChI is InChI=1S/C36H47N5O3/c1-23-10-11-27(30(18-23)44-36(4,5)6)32-28(20-31(42)43)25(3)33-34-29(32)19-24(2)40(34)16-17-41(33)35-37-21-26(22-38-35)12-15-39-13-8-7-9-14-39/h10-11,18-19,21-22,28,32H,7-9,12-17,20H2,1-6H3,(H,42,43). The number of ether oxygens (including phenoxy) is 1. The van der Waals surface area contributed by atoms with Crippen LogP contribution in [0.15, 0.2) is 42.2 Å². The van der Waals surface area contributed by atoms with E-state index in [0.29, 0.717) is 5.95 Å². The highest BCUT2D eigenvalue weighted by molar-refractivity contribution is 5.85. The molecule has 0 saturated carbocycles. The van der Waals surface area contributed by atoms with Crippen LogP contribution in [0.1, 0.15) is 92.9 Å². The summed E-state index contributed by atoms with van der Waals surface area (Å²) in [6, 6.07) is 8.60. The molecule has 44 heavy (non-hydrogen) atoms. The molecular formula is C36H47N5O3. The van der Waals surface area contributed by atoms with E-state index in [1.165, 1.54) is 38.0 Å². The Morgan fingerprint density at radius 1 is 0.977 bits per heavy atom. The molecule has 0 spiro atoms. The van der Waals surface area contributed by atoms with Crippen LogP contribution in [0.3, 0.4) is 0 Å². The van der Waals surface area contributed by atoms with Crippen LogP contribution in [0.25, 0.3) is 5.70 Å². The van der Waals surface area contributed by atoms with Gasteiger partial charge in [-0.1, -0.05) is 18.6 Å². The molecule has 8 nitrogen and oxygen atoms in total. The lowest BCUT2D eigenvalue weighted by molar-refractivity contribution is -0.137. The fraction of sp³-hybridized carbons (Fsp3) is 0.528. The first kappa shape index (κ1) is 30.4. The summed E-state index contributed by atoms with van der Waals surface area (Å²) in [5.41, 5.74) is 8.51. The number of allylic oxidation sites excluding steroid dienone is 1. The molecule has 1 aromatic carbocycles. The van der Waals surface area contributed by atoms with Crippen LogP contribution >= 0.6 is 0 Å². The fourth-order valence-corrected chi connectivity index (χ4v) is 7.42. The predicted octanol–water partition coefficient (Wildman–Crippen LogP) is 6.59. The van der Waals surface area contributed by atoms with Gasteiger partial charge >= 0.3 is 5.97 Å². The number of likely N-dealkylation sites (tertiary alicyclic amines) is 1. The number of hydrogen-bond acceptors (Lipinski definition) is 6. The zero-order chi connectivity index (χ0) is 31.2. The van der Waals surface area contributed by atoms with Gasteiger partial charge < -0.3 is 24.2 Å². The molecule has 0 amide bonds. The summed E-state index contributed by atoms with van der Waals surface area (Å²) in [5.74, 6) is 0.293. The lowest BCUT2D eigenvalue weighted by Crippen LogP contribution is -2.39. The highest BCUT2D eigenvalue weighted by Gasteiger charge is 2.43. The Labute approximate surface area is 261 Å². The lowest BCUT2D eigenvalue weighted by atomic mass is 9.70. The Morgan fingerprint density at radius 2 is 1.70 bits per heavy atom. The van der Waals surface area contributed by atoms with Gasteiger partial charge in [-0.2, -0.15) is 0 Å². The number of hydrogen-bond donors (Lipinski definition) is 1. The van der Waals surface area contributed by atoms with Crippen molar-refractivity contribution in [3.05, 3.63) is 75.9 Å². The Kier molecular flexibility index (Phi) is 8.31. The number of piperidine rings is 1. The Bertz CT molecular complexity index is 1560. The second-order valence-corrected chi connectivity index (χ2v) is 13.9. The number of aryl methyl sites for hydroxylation is 2. The van der Waals surface area contributed by atoms with Crippen molar-refractivity contribution < 1.29 is 14.6 Å². The van der Waals surface area contributed by atoms with Crippen molar-refractivity contribution in [2.75, 3.05) is 31.1 Å². The summed E-state index contributed by atoms with van der Waals surface area (Å²) in [7, 11) is 0. The van der Waals surface area contributed by atoms with E-state index in [1.54, 1.807) is 0 Å². The summed E-state index contributed by atoms with van der Waals surface area (Å²) in [6.45, 7) is 17.5. The van der Waals surface area contributed by atoms with Gasteiger partial charge in [0.2, 0.25) is 5.95 Å². The van der Waals surface area contributed by atoms with E-state index in [1.807, 2.05) is 12.4 Å². The van der Waals surface area contributed by atoms with Gasteiger partial charge in [0.25, 0.3) is 0 Å². The molecule has 2 aromatic heterocycles. The lowest BCUT2D eigenvalue weighted by Gasteiger charge is -2.42. The summed E-state index contributed by atoms with van der Waals surface area (Å²) < 4.78 is 8.92. The maximum atomic E-state index is 12.4. The smallest absolute Gasteiger partial charge is 0.303 e. The molecule has 1 fully saturated rings. The van der Waals surface area contributed by atoms with Crippen LogP contribution in [-0.4, -0.2) is 62.3 Å². The van der Waals surface area contributed by atoms with Crippen LogP contribution < -0.4 is 9.64 Å². The van der Waals surface area contributed by atoms with Crippen molar-refractivity contribution in [2.45, 2.75) is 91.7 Å². The number of aliphatic carboxylic acids is 1. The van der Waals surface area contributed by atoms with E-state index in [4.69, 9.17) is 14.7 Å². The van der Waals surface area contributed by atoms with E-state index in [2.05, 4.69) is 80.2 Å². The minimum absolute atomic E-state index is 0.0244. The largest absolute Gasteiger partial charge is 0.488 e. The van der Waals surface area contributed by atoms with Crippen LogP contribution in [-0.2, 0) is 17.8 Å². The molecule has 3 aromatic rings. The summed E-state index contributed by atoms with van der Waals surface area (Å²) in [4.78, 5) is 26.9. The molecule has 2 atom stereocenters. The molecule has 1 N–H and O–H groups in total. The van der Waals surface area contributed by atoms with Gasteiger partial charge in [-0.25, -0.2) is 9.97 Å². The molecule has 8 heteroatoms. The first-order valence-electron chi connectivity index (χ1n) is 16.2. The Morgan fingerprint density at radius 3 is 2.39 bits per heavy atom. The average Bonchev–Trinajstić information content (AvgIpc) is 3.31. The van der Waals surface area contributed by atoms with Gasteiger partial charge in [-0.05, 0) is 108 Å². The van der Waals surface area contributed by atoms with Crippen molar-refractivity contribution >= 4 is 17.6 Å². The number of benzene rings is 1. The molecular weight excluding hydrogens is 550 g/mol. The normalized spacial score (nSPS) is 20.5. The SMILES string of the molecule is CC1=C2c3c(cc(C)n3CCN2c2ncc(CCN3CCCCC3)cn2)C(c2ccc(C)cc2OC(C)(C)C)C1CC(=O)O. The number of carbonyl (C=O) groups is 1. The molecule has 4 heterocycles. The summed E-state index contributed by atoms with van der Waals surface area (Å²) >= 11 is 0. The number of carboxylic acids is 1. The third-order valence-electron chi connectivity index (χ3n) is 9.46. The van der Waals surface area contributed by atoms with Crippen molar-refractivity contribution in [3.63, 3.8) is 0 Å². The second-order valence-electron chi connectivity index (χ2n) is 13.9. The van der Waals surface area contributed by atoms with Gasteiger partial charge in [0.05, 0.1) is 17.8 Å². The van der Waals surface area contributed by atoms with E-state index in [0.717, 1.165) is 71.0 Å². The van der Waals surface area contributed by atoms with Crippen LogP contribution in [0, 0.1) is 19.8 Å². The Balaban J connectivity index is 1.40. The first-order chi connectivity index (χ1) is 21.0. The van der Waals surface area contributed by atoms with E-state index in [9.17, 15) is 9.90 Å². The maximum Gasteiger partial charge on any atom is 0.303 e. The van der Waals surface area contributed by atoms with Crippen molar-refractivity contribution in [3.8, 4) is 5.75 Å². The fourth-order valence-electron chi connectivity index (χ4n) is 7.42. The van der Waals surface area contributed by atoms with Crippen LogP contribution in [0.4, 0.5) is 5.95 Å². The number of carboxylic acid groups (broad SMARTS) is 1. The number of anilines is 1. The van der Waals surface area contributed by atoms with Crippen molar-refractivity contribution in [1.82, 2.24) is 19.4 Å². The van der Waals surface area contributed by atoms with Gasteiger partial charge in [0.15, 0.2) is 0 Å². The molecule has 0 bridgehead atoms. The molecule has 6 rings (SSSR count). The van der Waals surface area contributed by atoms with E-state index < -0.39 is 5.97 Å². The molecule has 3 aliphatic rings. The summed E-state index contributed by atoms with van der Waals surface area (Å²) in [5, 5.41) is 10.2. The highest BCUT2D eigenvalue weighted by Crippen LogP contribution is 2.52. The van der Waals surface area contributed by atoms with E-state index in [-0.39, 0.29) is 23.9 Å². The third-order valence-corrected chi connectivity index (χ3v) is 9.46. The maximum absolute atomic E-state index is 12.4. The van der Waals surface area contributed by atoms with Gasteiger partial charge in [-0.15, -0.1) is 0 Å². The Hall–Kier alpha value is -3.65. The van der Waals surface area contributed by atoms with Gasteiger partial charge in [0.1, 0.15) is 11.4 Å². The minimum Gasteiger partial charge on any atom is -0.488 e. The average molecular weight is 598 g/mol. The number of rotatable bonds is 8. The first-order valence-corrected chi connectivity index (χ1v) is 16.2.